The average Bonchev–Trinajstić information content (AvgIpc) is 3.24. The van der Waals surface area contributed by atoms with Gasteiger partial charge in [0, 0.05) is 26.2 Å². The van der Waals surface area contributed by atoms with Crippen LogP contribution in [-0.4, -0.2) is 60.3 Å². The van der Waals surface area contributed by atoms with Crippen molar-refractivity contribution in [2.45, 2.75) is 38.3 Å². The van der Waals surface area contributed by atoms with Crippen molar-refractivity contribution < 1.29 is 4.74 Å². The second-order valence-corrected chi connectivity index (χ2v) is 7.03. The number of hydrogen-bond donors (Lipinski definition) is 0. The van der Waals surface area contributed by atoms with Crippen LogP contribution in [0.4, 0.5) is 5.82 Å². The summed E-state index contributed by atoms with van der Waals surface area (Å²) in [7, 11) is 1.82. The first-order chi connectivity index (χ1) is 11.7. The fourth-order valence-corrected chi connectivity index (χ4v) is 4.09. The number of aryl methyl sites for hydroxylation is 1. The minimum absolute atomic E-state index is 0.283. The molecule has 1 aromatic carbocycles. The third-order valence-electron chi connectivity index (χ3n) is 5.37. The van der Waals surface area contributed by atoms with E-state index in [9.17, 15) is 0 Å². The second kappa shape index (κ2) is 6.65. The molecular weight excluding hydrogens is 300 g/mol. The van der Waals surface area contributed by atoms with E-state index in [0.29, 0.717) is 6.04 Å². The second-order valence-electron chi connectivity index (χ2n) is 7.03. The maximum atomic E-state index is 5.68. The zero-order valence-corrected chi connectivity index (χ0v) is 14.6. The molecule has 2 aliphatic heterocycles. The number of rotatable bonds is 4. The number of nitrogens with zero attached hydrogens (tertiary/aromatic N) is 4. The van der Waals surface area contributed by atoms with Gasteiger partial charge in [0.25, 0.3) is 0 Å². The van der Waals surface area contributed by atoms with Gasteiger partial charge in [-0.3, -0.25) is 0 Å². The maximum absolute atomic E-state index is 5.68. The number of benzene rings is 1. The molecule has 0 aliphatic carbocycles. The summed E-state index contributed by atoms with van der Waals surface area (Å²) in [4.78, 5) is 14.7. The zero-order valence-electron chi connectivity index (χ0n) is 14.6. The molecule has 1 aromatic heterocycles. The first-order valence-corrected chi connectivity index (χ1v) is 9.00. The molecule has 4 rings (SSSR count). The third kappa shape index (κ3) is 2.98. The fraction of sp³-hybridized carbons (Fsp3) is 0.579. The van der Waals surface area contributed by atoms with Crippen molar-refractivity contribution in [3.8, 4) is 0 Å². The first-order valence-electron chi connectivity index (χ1n) is 9.00. The Kier molecular flexibility index (Phi) is 4.37. The Hall–Kier alpha value is -1.72. The number of ether oxygens (including phenoxy) is 1. The highest BCUT2D eigenvalue weighted by Gasteiger charge is 2.35. The lowest BCUT2D eigenvalue weighted by molar-refractivity contribution is 0.116. The summed E-state index contributed by atoms with van der Waals surface area (Å²) < 4.78 is 5.68. The van der Waals surface area contributed by atoms with Crippen LogP contribution in [0.25, 0.3) is 11.0 Å². The van der Waals surface area contributed by atoms with Gasteiger partial charge in [-0.25, -0.2) is 9.97 Å². The molecule has 2 atom stereocenters. The average molecular weight is 326 g/mol. The Balaban J connectivity index is 1.65. The molecule has 2 fully saturated rings. The van der Waals surface area contributed by atoms with Crippen molar-refractivity contribution in [3.05, 3.63) is 30.0 Å². The molecule has 0 saturated carbocycles. The molecule has 0 bridgehead atoms. The molecule has 0 radical (unpaired) electrons. The van der Waals surface area contributed by atoms with E-state index in [0.717, 1.165) is 42.1 Å². The highest BCUT2D eigenvalue weighted by Crippen LogP contribution is 2.30. The number of fused-ring (bicyclic) bond motifs is 1. The quantitative estimate of drug-likeness (QED) is 0.864. The van der Waals surface area contributed by atoms with E-state index in [1.54, 1.807) is 0 Å². The molecule has 3 heterocycles. The van der Waals surface area contributed by atoms with Gasteiger partial charge >= 0.3 is 0 Å². The normalized spacial score (nSPS) is 25.0. The fourth-order valence-electron chi connectivity index (χ4n) is 4.09. The van der Waals surface area contributed by atoms with E-state index in [2.05, 4.69) is 16.7 Å². The highest BCUT2D eigenvalue weighted by molar-refractivity contribution is 5.76. The number of likely N-dealkylation sites (tertiary alicyclic amines) is 1. The van der Waals surface area contributed by atoms with Gasteiger partial charge in [-0.1, -0.05) is 12.1 Å². The number of hydrogen-bond acceptors (Lipinski definition) is 5. The van der Waals surface area contributed by atoms with E-state index >= 15 is 0 Å². The van der Waals surface area contributed by atoms with Crippen LogP contribution >= 0.6 is 0 Å². The molecule has 5 heteroatoms. The van der Waals surface area contributed by atoms with Crippen LogP contribution < -0.4 is 4.90 Å². The topological polar surface area (TPSA) is 41.5 Å². The Morgan fingerprint density at radius 3 is 2.54 bits per heavy atom. The molecule has 0 spiro atoms. The lowest BCUT2D eigenvalue weighted by Gasteiger charge is -2.29. The Morgan fingerprint density at radius 1 is 1.12 bits per heavy atom. The summed E-state index contributed by atoms with van der Waals surface area (Å²) in [5.41, 5.74) is 2.95. The molecule has 5 nitrogen and oxygen atoms in total. The van der Waals surface area contributed by atoms with Crippen LogP contribution in [-0.2, 0) is 4.74 Å². The summed E-state index contributed by atoms with van der Waals surface area (Å²) in [5.74, 6) is 1.03. The van der Waals surface area contributed by atoms with Crippen molar-refractivity contribution in [2.24, 2.45) is 0 Å². The predicted octanol–water partition coefficient (Wildman–Crippen LogP) is 2.63. The summed E-state index contributed by atoms with van der Waals surface area (Å²) >= 11 is 0. The van der Waals surface area contributed by atoms with Gasteiger partial charge in [0.15, 0.2) is 5.82 Å². The minimum atomic E-state index is 0.283. The molecule has 0 unspecified atom stereocenters. The molecule has 2 aromatic rings. The van der Waals surface area contributed by atoms with Crippen molar-refractivity contribution >= 4 is 16.9 Å². The lowest BCUT2D eigenvalue weighted by Crippen LogP contribution is -2.40. The van der Waals surface area contributed by atoms with Crippen molar-refractivity contribution in [2.75, 3.05) is 38.2 Å². The first kappa shape index (κ1) is 15.8. The minimum Gasteiger partial charge on any atom is -0.380 e. The van der Waals surface area contributed by atoms with Crippen molar-refractivity contribution in [3.63, 3.8) is 0 Å². The van der Waals surface area contributed by atoms with Crippen LogP contribution in [0.5, 0.6) is 0 Å². The Labute approximate surface area is 143 Å². The summed E-state index contributed by atoms with van der Waals surface area (Å²) in [6, 6.07) is 8.58. The van der Waals surface area contributed by atoms with E-state index in [-0.39, 0.29) is 6.10 Å². The standard InChI is InChI=1S/C19H26N4O/c1-14-19(21-18-8-4-3-7-17(18)20-14)23-13-16(24-2)11-15(23)12-22-9-5-6-10-22/h3-4,7-8,15-16H,5-6,9-13H2,1-2H3/t15-,16-/m0/s1. The largest absolute Gasteiger partial charge is 0.380 e. The van der Waals surface area contributed by atoms with E-state index in [1.165, 1.54) is 25.9 Å². The van der Waals surface area contributed by atoms with E-state index in [4.69, 9.17) is 14.7 Å². The zero-order chi connectivity index (χ0) is 16.5. The summed E-state index contributed by atoms with van der Waals surface area (Å²) in [6.07, 6.45) is 4.01. The van der Waals surface area contributed by atoms with Crippen LogP contribution in [0.15, 0.2) is 24.3 Å². The van der Waals surface area contributed by atoms with Gasteiger partial charge in [0.1, 0.15) is 0 Å². The molecule has 128 valence electrons. The summed E-state index contributed by atoms with van der Waals surface area (Å²) in [5, 5.41) is 0. The predicted molar refractivity (Wildman–Crippen MR) is 96.5 cm³/mol. The SMILES string of the molecule is CO[C@H]1C[C@@H](CN2CCCC2)N(c2nc3ccccc3nc2C)C1. The highest BCUT2D eigenvalue weighted by atomic mass is 16.5. The van der Waals surface area contributed by atoms with Gasteiger partial charge in [-0.2, -0.15) is 0 Å². The number of methoxy groups -OCH3 is 1. The van der Waals surface area contributed by atoms with E-state index < -0.39 is 0 Å². The van der Waals surface area contributed by atoms with Crippen LogP contribution in [0.2, 0.25) is 0 Å². The van der Waals surface area contributed by atoms with Gasteiger partial charge in [-0.05, 0) is 51.4 Å². The monoisotopic (exact) mass is 326 g/mol. The van der Waals surface area contributed by atoms with E-state index in [1.807, 2.05) is 31.4 Å². The molecule has 2 saturated heterocycles. The molecular formula is C19H26N4O. The molecule has 0 N–H and O–H groups in total. The number of aromatic nitrogens is 2. The van der Waals surface area contributed by atoms with Gasteiger partial charge in [0.2, 0.25) is 0 Å². The van der Waals surface area contributed by atoms with Gasteiger partial charge < -0.3 is 14.5 Å². The van der Waals surface area contributed by atoms with Crippen LogP contribution in [0, 0.1) is 6.92 Å². The summed E-state index contributed by atoms with van der Waals surface area (Å²) in [6.45, 7) is 6.53. The lowest BCUT2D eigenvalue weighted by atomic mass is 10.2. The third-order valence-corrected chi connectivity index (χ3v) is 5.37. The smallest absolute Gasteiger partial charge is 0.151 e. The molecule has 0 amide bonds. The Morgan fingerprint density at radius 2 is 1.83 bits per heavy atom. The van der Waals surface area contributed by atoms with Crippen LogP contribution in [0.3, 0.4) is 0 Å². The van der Waals surface area contributed by atoms with Crippen LogP contribution in [0.1, 0.15) is 25.0 Å². The number of para-hydroxylation sites is 2. The van der Waals surface area contributed by atoms with Crippen molar-refractivity contribution in [1.82, 2.24) is 14.9 Å². The van der Waals surface area contributed by atoms with Crippen molar-refractivity contribution in [1.29, 1.82) is 0 Å². The molecule has 24 heavy (non-hydrogen) atoms. The number of anilines is 1. The van der Waals surface area contributed by atoms with Gasteiger partial charge in [0.05, 0.1) is 22.8 Å². The molecule has 2 aliphatic rings. The Bertz CT molecular complexity index is 714. The maximum Gasteiger partial charge on any atom is 0.151 e. The van der Waals surface area contributed by atoms with Gasteiger partial charge in [-0.15, -0.1) is 0 Å².